The van der Waals surface area contributed by atoms with Gasteiger partial charge in [0.1, 0.15) is 24.7 Å². The molecule has 0 saturated carbocycles. The zero-order valence-electron chi connectivity index (χ0n) is 18.7. The Bertz CT molecular complexity index is 751. The van der Waals surface area contributed by atoms with Gasteiger partial charge in [0.2, 0.25) is 11.8 Å². The highest BCUT2D eigenvalue weighted by Crippen LogP contribution is 2.09. The molecule has 4 N–H and O–H groups in total. The van der Waals surface area contributed by atoms with E-state index in [9.17, 15) is 19.2 Å². The molecule has 0 spiro atoms. The molecule has 0 saturated heterocycles. The van der Waals surface area contributed by atoms with Crippen molar-refractivity contribution >= 4 is 23.9 Å². The fourth-order valence-electron chi connectivity index (χ4n) is 2.76. The molecule has 1 rings (SSSR count). The van der Waals surface area contributed by atoms with Gasteiger partial charge in [0.05, 0.1) is 0 Å². The molecular weight excluding hydrogens is 402 g/mol. The van der Waals surface area contributed by atoms with Crippen molar-refractivity contribution in [3.63, 3.8) is 0 Å². The highest BCUT2D eigenvalue weighted by molar-refractivity contribution is 5.92. The summed E-state index contributed by atoms with van der Waals surface area (Å²) in [5.74, 6) is -2.53. The van der Waals surface area contributed by atoms with Crippen LogP contribution in [0.4, 0.5) is 4.79 Å². The van der Waals surface area contributed by atoms with Crippen molar-refractivity contribution in [1.82, 2.24) is 16.0 Å². The van der Waals surface area contributed by atoms with Crippen LogP contribution in [0.5, 0.6) is 0 Å². The number of hydrogen-bond donors (Lipinski definition) is 4. The Kier molecular flexibility index (Phi) is 10.5. The first-order valence-electron chi connectivity index (χ1n) is 10.3. The van der Waals surface area contributed by atoms with E-state index in [1.165, 1.54) is 6.92 Å². The first-order valence-corrected chi connectivity index (χ1v) is 10.3. The maximum Gasteiger partial charge on any atom is 0.408 e. The van der Waals surface area contributed by atoms with Gasteiger partial charge in [-0.3, -0.25) is 14.4 Å². The van der Waals surface area contributed by atoms with Crippen LogP contribution in [0.2, 0.25) is 0 Å². The molecule has 1 aromatic carbocycles. The fraction of sp³-hybridized carbons (Fsp3) is 0.545. The average molecular weight is 436 g/mol. The molecule has 3 amide bonds. The van der Waals surface area contributed by atoms with Crippen LogP contribution in [-0.2, 0) is 25.7 Å². The third-order valence-electron chi connectivity index (χ3n) is 4.50. The van der Waals surface area contributed by atoms with Gasteiger partial charge >= 0.3 is 12.1 Å². The van der Waals surface area contributed by atoms with Gasteiger partial charge in [0, 0.05) is 0 Å². The SMILES string of the molecule is CC(C)C[C@H](NC(=O)OCc1ccccc1)C(=O)N[C@H](C(=O)N[C@@H](C)C(=O)O)C(C)C. The number of benzene rings is 1. The van der Waals surface area contributed by atoms with E-state index in [4.69, 9.17) is 9.84 Å². The average Bonchev–Trinajstić information content (AvgIpc) is 2.69. The second-order valence-electron chi connectivity index (χ2n) is 8.19. The summed E-state index contributed by atoms with van der Waals surface area (Å²) in [6.07, 6.45) is -0.403. The van der Waals surface area contributed by atoms with Crippen molar-refractivity contribution in [2.75, 3.05) is 0 Å². The van der Waals surface area contributed by atoms with E-state index in [-0.39, 0.29) is 18.4 Å². The predicted octanol–water partition coefficient (Wildman–Crippen LogP) is 2.06. The van der Waals surface area contributed by atoms with E-state index >= 15 is 0 Å². The third kappa shape index (κ3) is 9.50. The molecule has 3 atom stereocenters. The third-order valence-corrected chi connectivity index (χ3v) is 4.50. The summed E-state index contributed by atoms with van der Waals surface area (Å²) in [5, 5.41) is 16.5. The highest BCUT2D eigenvalue weighted by Gasteiger charge is 2.30. The molecule has 31 heavy (non-hydrogen) atoms. The summed E-state index contributed by atoms with van der Waals surface area (Å²) in [5.41, 5.74) is 0.812. The minimum absolute atomic E-state index is 0.0623. The van der Waals surface area contributed by atoms with Crippen molar-refractivity contribution in [1.29, 1.82) is 0 Å². The van der Waals surface area contributed by atoms with Crippen LogP contribution >= 0.6 is 0 Å². The molecule has 1 aromatic rings. The van der Waals surface area contributed by atoms with E-state index in [1.54, 1.807) is 13.8 Å². The first-order chi connectivity index (χ1) is 14.5. The van der Waals surface area contributed by atoms with Crippen molar-refractivity contribution in [2.24, 2.45) is 11.8 Å². The predicted molar refractivity (Wildman–Crippen MR) is 115 cm³/mol. The van der Waals surface area contributed by atoms with Crippen LogP contribution in [0, 0.1) is 11.8 Å². The Morgan fingerprint density at radius 1 is 0.903 bits per heavy atom. The summed E-state index contributed by atoms with van der Waals surface area (Å²) in [6, 6.07) is 6.18. The minimum Gasteiger partial charge on any atom is -0.480 e. The van der Waals surface area contributed by atoms with Crippen molar-refractivity contribution in [2.45, 2.75) is 65.8 Å². The number of alkyl carbamates (subject to hydrolysis) is 1. The number of rotatable bonds is 11. The van der Waals surface area contributed by atoms with Crippen LogP contribution in [0.3, 0.4) is 0 Å². The largest absolute Gasteiger partial charge is 0.480 e. The Hall–Kier alpha value is -3.10. The highest BCUT2D eigenvalue weighted by atomic mass is 16.5. The molecule has 0 bridgehead atoms. The van der Waals surface area contributed by atoms with Gasteiger partial charge in [-0.1, -0.05) is 58.0 Å². The number of carbonyl (C=O) groups excluding carboxylic acids is 3. The fourth-order valence-corrected chi connectivity index (χ4v) is 2.76. The maximum absolute atomic E-state index is 12.8. The van der Waals surface area contributed by atoms with Gasteiger partial charge in [-0.25, -0.2) is 4.79 Å². The molecular formula is C22H33N3O6. The summed E-state index contributed by atoms with van der Waals surface area (Å²) in [4.78, 5) is 48.5. The number of carboxylic acid groups (broad SMARTS) is 1. The van der Waals surface area contributed by atoms with Gasteiger partial charge in [-0.2, -0.15) is 0 Å². The Labute approximate surface area is 182 Å². The van der Waals surface area contributed by atoms with Crippen molar-refractivity contribution in [3.8, 4) is 0 Å². The molecule has 0 aromatic heterocycles. The second-order valence-corrected chi connectivity index (χ2v) is 8.19. The molecule has 0 radical (unpaired) electrons. The number of carbonyl (C=O) groups is 4. The lowest BCUT2D eigenvalue weighted by atomic mass is 10.00. The first kappa shape index (κ1) is 25.9. The van der Waals surface area contributed by atoms with Gasteiger partial charge in [-0.15, -0.1) is 0 Å². The number of nitrogens with one attached hydrogen (secondary N) is 3. The lowest BCUT2D eigenvalue weighted by Gasteiger charge is -2.26. The van der Waals surface area contributed by atoms with Crippen LogP contribution in [0.25, 0.3) is 0 Å². The Balaban J connectivity index is 2.78. The topological polar surface area (TPSA) is 134 Å². The molecule has 0 aliphatic carbocycles. The summed E-state index contributed by atoms with van der Waals surface area (Å²) >= 11 is 0. The second kappa shape index (κ2) is 12.6. The molecule has 0 unspecified atom stereocenters. The normalized spacial score (nSPS) is 13.8. The monoisotopic (exact) mass is 435 g/mol. The zero-order chi connectivity index (χ0) is 23.6. The van der Waals surface area contributed by atoms with Crippen LogP contribution < -0.4 is 16.0 Å². The Morgan fingerprint density at radius 2 is 1.52 bits per heavy atom. The minimum atomic E-state index is -1.18. The molecule has 0 aliphatic heterocycles. The van der Waals surface area contributed by atoms with Crippen molar-refractivity contribution in [3.05, 3.63) is 35.9 Å². The van der Waals surface area contributed by atoms with Gasteiger partial charge < -0.3 is 25.8 Å². The number of carboxylic acids is 1. The molecule has 0 heterocycles. The number of aliphatic carboxylic acids is 1. The Morgan fingerprint density at radius 3 is 2.03 bits per heavy atom. The van der Waals surface area contributed by atoms with E-state index < -0.39 is 42.0 Å². The lowest BCUT2D eigenvalue weighted by molar-refractivity contribution is -0.142. The van der Waals surface area contributed by atoms with E-state index in [0.29, 0.717) is 6.42 Å². The number of ether oxygens (including phenoxy) is 1. The van der Waals surface area contributed by atoms with E-state index in [1.807, 2.05) is 44.2 Å². The smallest absolute Gasteiger partial charge is 0.408 e. The summed E-state index contributed by atoms with van der Waals surface area (Å²) in [6.45, 7) is 8.67. The van der Waals surface area contributed by atoms with Crippen molar-refractivity contribution < 1.29 is 29.0 Å². The zero-order valence-corrected chi connectivity index (χ0v) is 18.7. The van der Waals surface area contributed by atoms with Gasteiger partial charge in [0.15, 0.2) is 0 Å². The molecule has 0 aliphatic rings. The van der Waals surface area contributed by atoms with Crippen LogP contribution in [0.15, 0.2) is 30.3 Å². The maximum atomic E-state index is 12.8. The summed E-state index contributed by atoms with van der Waals surface area (Å²) in [7, 11) is 0. The number of amides is 3. The molecule has 9 heteroatoms. The number of hydrogen-bond acceptors (Lipinski definition) is 5. The van der Waals surface area contributed by atoms with Gasteiger partial charge in [0.25, 0.3) is 0 Å². The van der Waals surface area contributed by atoms with Gasteiger partial charge in [-0.05, 0) is 30.7 Å². The quantitative estimate of drug-likeness (QED) is 0.420. The standard InChI is InChI=1S/C22H33N3O6/c1-13(2)11-17(24-22(30)31-12-16-9-7-6-8-10-16)19(26)25-18(14(3)4)20(27)23-15(5)21(28)29/h6-10,13-15,17-18H,11-12H2,1-5H3,(H,23,27)(H,24,30)(H,25,26)(H,28,29)/t15-,17-,18-/m0/s1. The summed E-state index contributed by atoms with van der Waals surface area (Å²) < 4.78 is 5.19. The molecule has 9 nitrogen and oxygen atoms in total. The van der Waals surface area contributed by atoms with E-state index in [2.05, 4.69) is 16.0 Å². The van der Waals surface area contributed by atoms with Crippen LogP contribution in [0.1, 0.15) is 46.6 Å². The molecule has 0 fully saturated rings. The van der Waals surface area contributed by atoms with Crippen LogP contribution in [-0.4, -0.2) is 47.1 Å². The lowest BCUT2D eigenvalue weighted by Crippen LogP contribution is -2.57. The molecule has 172 valence electrons. The van der Waals surface area contributed by atoms with E-state index in [0.717, 1.165) is 5.56 Å².